The summed E-state index contributed by atoms with van der Waals surface area (Å²) in [5.41, 5.74) is 8.68. The van der Waals surface area contributed by atoms with Crippen LogP contribution in [0.2, 0.25) is 5.02 Å². The molecule has 0 spiro atoms. The van der Waals surface area contributed by atoms with Crippen molar-refractivity contribution >= 4 is 34.6 Å². The van der Waals surface area contributed by atoms with Gasteiger partial charge in [0.15, 0.2) is 0 Å². The quantitative estimate of drug-likeness (QED) is 0.272. The monoisotopic (exact) mass is 521 g/mol. The van der Waals surface area contributed by atoms with Crippen LogP contribution in [0, 0.1) is 13.8 Å². The Balaban J connectivity index is 1.91. The van der Waals surface area contributed by atoms with Crippen LogP contribution in [-0.4, -0.2) is 22.7 Å². The maximum Gasteiger partial charge on any atom is 0.417 e. The summed E-state index contributed by atoms with van der Waals surface area (Å²) in [4.78, 5) is 13.0. The van der Waals surface area contributed by atoms with E-state index in [0.29, 0.717) is 16.9 Å². The lowest BCUT2D eigenvalue weighted by molar-refractivity contribution is -0.137. The highest BCUT2D eigenvalue weighted by atomic mass is 35.5. The molecule has 8 nitrogen and oxygen atoms in total. The Labute approximate surface area is 211 Å². The number of amides is 1. The highest BCUT2D eigenvalue weighted by molar-refractivity contribution is 6.32. The summed E-state index contributed by atoms with van der Waals surface area (Å²) in [7, 11) is 3.37. The van der Waals surface area contributed by atoms with Crippen molar-refractivity contribution in [3.8, 4) is 0 Å². The van der Waals surface area contributed by atoms with Gasteiger partial charge in [-0.25, -0.2) is 5.84 Å². The van der Waals surface area contributed by atoms with Crippen molar-refractivity contribution in [3.05, 3.63) is 81.3 Å². The summed E-state index contributed by atoms with van der Waals surface area (Å²) in [6, 6.07) is 6.97. The van der Waals surface area contributed by atoms with E-state index in [9.17, 15) is 18.0 Å². The molecule has 36 heavy (non-hydrogen) atoms. The number of carbonyl (C=O) groups excluding carboxylic acids is 1. The zero-order valence-corrected chi connectivity index (χ0v) is 20.9. The van der Waals surface area contributed by atoms with Gasteiger partial charge in [-0.15, -0.1) is 0 Å². The molecule has 6 N–H and O–H groups in total. The largest absolute Gasteiger partial charge is 0.417 e. The third kappa shape index (κ3) is 5.81. The number of benzene rings is 2. The summed E-state index contributed by atoms with van der Waals surface area (Å²) >= 11 is 5.95. The number of rotatable bonds is 7. The van der Waals surface area contributed by atoms with Crippen molar-refractivity contribution in [1.29, 1.82) is 0 Å². The van der Waals surface area contributed by atoms with Crippen molar-refractivity contribution in [2.24, 2.45) is 18.6 Å². The minimum Gasteiger partial charge on any atom is -0.397 e. The Morgan fingerprint density at radius 2 is 1.94 bits per heavy atom. The van der Waals surface area contributed by atoms with Crippen LogP contribution in [0.15, 0.2) is 42.7 Å². The highest BCUT2D eigenvalue weighted by Gasteiger charge is 2.34. The van der Waals surface area contributed by atoms with Gasteiger partial charge in [-0.1, -0.05) is 17.7 Å². The number of halogens is 4. The third-order valence-corrected chi connectivity index (χ3v) is 6.10. The number of nitrogens with one attached hydrogen (secondary N) is 2. The molecule has 0 saturated carbocycles. The SMILES string of the molecule is CNCc1cc(NC(=O)c2ccc(C)c(N(N)/C=C(\N)c3cnn(C)c3C)c2)cc(C(F)(F)F)c1Cl. The minimum atomic E-state index is -4.68. The van der Waals surface area contributed by atoms with Crippen molar-refractivity contribution in [3.63, 3.8) is 0 Å². The number of carbonyl (C=O) groups is 1. The van der Waals surface area contributed by atoms with E-state index >= 15 is 0 Å². The first-order valence-corrected chi connectivity index (χ1v) is 11.2. The first kappa shape index (κ1) is 27.1. The smallest absolute Gasteiger partial charge is 0.397 e. The van der Waals surface area contributed by atoms with Crippen LogP contribution in [0.1, 0.15) is 38.3 Å². The van der Waals surface area contributed by atoms with Crippen LogP contribution >= 0.6 is 11.6 Å². The number of nitrogens with zero attached hydrogens (tertiary/aromatic N) is 3. The Morgan fingerprint density at radius 3 is 2.53 bits per heavy atom. The van der Waals surface area contributed by atoms with E-state index in [0.717, 1.165) is 17.3 Å². The maximum absolute atomic E-state index is 13.5. The zero-order chi connectivity index (χ0) is 26.8. The lowest BCUT2D eigenvalue weighted by Crippen LogP contribution is -2.27. The number of hydrogen-bond acceptors (Lipinski definition) is 6. The molecule has 0 unspecified atom stereocenters. The molecule has 0 bridgehead atoms. The predicted octanol–water partition coefficient (Wildman–Crippen LogP) is 4.32. The number of nitrogens with two attached hydrogens (primary N) is 2. The van der Waals surface area contributed by atoms with Gasteiger partial charge >= 0.3 is 6.18 Å². The third-order valence-electron chi connectivity index (χ3n) is 5.65. The summed E-state index contributed by atoms with van der Waals surface area (Å²) < 4.78 is 42.1. The van der Waals surface area contributed by atoms with Gasteiger partial charge in [0, 0.05) is 42.3 Å². The lowest BCUT2D eigenvalue weighted by Gasteiger charge is -2.19. The molecule has 0 saturated heterocycles. The van der Waals surface area contributed by atoms with E-state index in [1.165, 1.54) is 23.3 Å². The number of hydrogen-bond donors (Lipinski definition) is 4. The fourth-order valence-corrected chi connectivity index (χ4v) is 3.87. The molecule has 1 heterocycles. The molecule has 3 rings (SSSR count). The van der Waals surface area contributed by atoms with Gasteiger partial charge in [0.05, 0.1) is 28.2 Å². The maximum atomic E-state index is 13.5. The summed E-state index contributed by atoms with van der Waals surface area (Å²) in [6.45, 7) is 3.75. The summed E-state index contributed by atoms with van der Waals surface area (Å²) in [5.74, 6) is 5.61. The molecule has 0 atom stereocenters. The van der Waals surface area contributed by atoms with E-state index < -0.39 is 22.7 Å². The molecular formula is C24H27ClF3N7O. The number of alkyl halides is 3. The van der Waals surface area contributed by atoms with Crippen molar-refractivity contribution < 1.29 is 18.0 Å². The van der Waals surface area contributed by atoms with Crippen molar-refractivity contribution in [1.82, 2.24) is 15.1 Å². The lowest BCUT2D eigenvalue weighted by atomic mass is 10.1. The molecule has 2 aromatic carbocycles. The first-order valence-electron chi connectivity index (χ1n) is 10.8. The van der Waals surface area contributed by atoms with Crippen molar-refractivity contribution in [2.45, 2.75) is 26.6 Å². The Bertz CT molecular complexity index is 1320. The second-order valence-corrected chi connectivity index (χ2v) is 8.62. The van der Waals surface area contributed by atoms with Crippen LogP contribution in [-0.2, 0) is 19.8 Å². The van der Waals surface area contributed by atoms with Gasteiger partial charge in [-0.2, -0.15) is 18.3 Å². The molecule has 0 aliphatic heterocycles. The average molecular weight is 522 g/mol. The molecule has 0 radical (unpaired) electrons. The number of aromatic nitrogens is 2. The zero-order valence-electron chi connectivity index (χ0n) is 20.2. The standard InChI is InChI=1S/C24H27ClF3N7O/c1-13-5-6-15(8-21(13)35(30)12-20(29)18-11-32-34(4)14(18)2)23(36)33-17-7-16(10-31-3)22(25)19(9-17)24(26,27)28/h5-9,11-12,31H,10,29-30H2,1-4H3,(H,33,36)/b20-12-. The molecule has 1 amide bonds. The van der Waals surface area contributed by atoms with E-state index in [1.807, 2.05) is 6.92 Å². The Kier molecular flexibility index (Phi) is 7.97. The Hall–Kier alpha value is -3.54. The van der Waals surface area contributed by atoms with Crippen LogP contribution in [0.4, 0.5) is 24.5 Å². The van der Waals surface area contributed by atoms with E-state index in [1.54, 1.807) is 44.0 Å². The predicted molar refractivity (Wildman–Crippen MR) is 135 cm³/mol. The topological polar surface area (TPSA) is 114 Å². The summed E-state index contributed by atoms with van der Waals surface area (Å²) in [6.07, 6.45) is -1.56. The number of anilines is 2. The van der Waals surface area contributed by atoms with Gasteiger partial charge in [-0.3, -0.25) is 14.5 Å². The molecule has 0 fully saturated rings. The van der Waals surface area contributed by atoms with Gasteiger partial charge < -0.3 is 16.4 Å². The molecule has 3 aromatic rings. The van der Waals surface area contributed by atoms with Crippen molar-refractivity contribution in [2.75, 3.05) is 17.4 Å². The van der Waals surface area contributed by atoms with E-state index in [2.05, 4.69) is 15.7 Å². The van der Waals surface area contributed by atoms with Crippen LogP contribution < -0.4 is 27.2 Å². The van der Waals surface area contributed by atoms with Gasteiger partial charge in [0.1, 0.15) is 0 Å². The molecule has 0 aliphatic rings. The summed E-state index contributed by atoms with van der Waals surface area (Å²) in [5, 5.41) is 10.3. The fraction of sp³-hybridized carbons (Fsp3) is 0.250. The minimum absolute atomic E-state index is 0.0371. The second kappa shape index (κ2) is 10.6. The average Bonchev–Trinajstić information content (AvgIpc) is 3.13. The van der Waals surface area contributed by atoms with Crippen LogP contribution in [0.5, 0.6) is 0 Å². The van der Waals surface area contributed by atoms with Crippen LogP contribution in [0.3, 0.4) is 0 Å². The molecule has 0 aliphatic carbocycles. The molecular weight excluding hydrogens is 495 g/mol. The molecule has 12 heteroatoms. The van der Waals surface area contributed by atoms with Gasteiger partial charge in [-0.05, 0) is 56.3 Å². The Morgan fingerprint density at radius 1 is 1.25 bits per heavy atom. The first-order chi connectivity index (χ1) is 16.8. The van der Waals surface area contributed by atoms with Gasteiger partial charge in [0.2, 0.25) is 0 Å². The second-order valence-electron chi connectivity index (χ2n) is 8.24. The fourth-order valence-electron chi connectivity index (χ4n) is 3.59. The van der Waals surface area contributed by atoms with Gasteiger partial charge in [0.25, 0.3) is 5.91 Å². The molecule has 1 aromatic heterocycles. The normalized spacial score (nSPS) is 12.1. The van der Waals surface area contributed by atoms with E-state index in [-0.39, 0.29) is 23.4 Å². The van der Waals surface area contributed by atoms with E-state index in [4.69, 9.17) is 23.2 Å². The number of aryl methyl sites for hydroxylation is 2. The number of hydrazine groups is 1. The molecule has 192 valence electrons. The highest BCUT2D eigenvalue weighted by Crippen LogP contribution is 2.38. The van der Waals surface area contributed by atoms with Crippen LogP contribution in [0.25, 0.3) is 5.70 Å².